The smallest absolute Gasteiger partial charge is 0.187 e. The van der Waals surface area contributed by atoms with Crippen molar-refractivity contribution in [3.8, 4) is 0 Å². The summed E-state index contributed by atoms with van der Waals surface area (Å²) in [7, 11) is 1.35. The van der Waals surface area contributed by atoms with E-state index in [1.165, 1.54) is 12.7 Å². The predicted octanol–water partition coefficient (Wildman–Crippen LogP) is 1.78. The second-order valence-electron chi connectivity index (χ2n) is 15.4. The maximum atomic E-state index is 12.2. The summed E-state index contributed by atoms with van der Waals surface area (Å²) in [5.41, 5.74) is 0.400. The van der Waals surface area contributed by atoms with Crippen LogP contribution in [-0.2, 0) is 23.7 Å². The minimum Gasteiger partial charge on any atom is -0.394 e. The number of allylic oxidation sites excluding steroid dienone is 1. The van der Waals surface area contributed by atoms with Crippen LogP contribution in [0.2, 0.25) is 0 Å². The van der Waals surface area contributed by atoms with Crippen molar-refractivity contribution in [3.05, 3.63) is 11.6 Å². The molecule has 0 radical (unpaired) electrons. The van der Waals surface area contributed by atoms with Crippen LogP contribution in [-0.4, -0.2) is 117 Å². The Balaban J connectivity index is 1.07. The van der Waals surface area contributed by atoms with Gasteiger partial charge in [0, 0.05) is 18.9 Å². The second kappa shape index (κ2) is 12.6. The SMILES string of the molecule is CO[C@H]1[C@@H](O)[C@@H](CO)O[C@H](O[C@H]2[C@@H](O)C[C@H](O[C@H]3CC[C@@]4(C)C(=CC[C@@H]5[C@@H]4CC[C@]4(C)[C@@H]([C@@H](C)O)CC[C@@]54O)C3)O[C@@H]2C)[C@@H]1O. The molecule has 11 nitrogen and oxygen atoms in total. The third-order valence-electron chi connectivity index (χ3n) is 13.3. The Morgan fingerprint density at radius 3 is 2.40 bits per heavy atom. The zero-order chi connectivity index (χ0) is 32.5. The van der Waals surface area contributed by atoms with E-state index in [1.54, 1.807) is 6.92 Å². The molecule has 2 heterocycles. The highest BCUT2D eigenvalue weighted by molar-refractivity contribution is 5.28. The summed E-state index contributed by atoms with van der Waals surface area (Å²) in [6.45, 7) is 7.76. The quantitative estimate of drug-likeness (QED) is 0.225. The standard InChI is InChI=1S/C34H56O11/c1-17(36)21-10-13-34(40)23-7-6-19-14-20(8-11-32(19,3)22(23)9-12-33(21,34)4)43-26-15-24(37)29(18(2)42-26)45-31-28(39)30(41-5)27(38)25(16-35)44-31/h6,17-18,20-31,35-40H,7-16H2,1-5H3/t17-,18-,20+,21-,22+,23-,24+,25-,26+,27+,28-,29-,30+,31-,32+,33-,34-/m1/s1. The first-order chi connectivity index (χ1) is 21.3. The average molecular weight is 641 g/mol. The highest BCUT2D eigenvalue weighted by Gasteiger charge is 2.66. The Morgan fingerprint density at radius 2 is 1.73 bits per heavy atom. The molecule has 0 amide bonds. The van der Waals surface area contributed by atoms with Crippen LogP contribution in [0.3, 0.4) is 0 Å². The topological polar surface area (TPSA) is 168 Å². The number of aliphatic hydroxyl groups is 6. The number of aliphatic hydroxyl groups excluding tert-OH is 5. The fraction of sp³-hybridized carbons (Fsp3) is 0.941. The van der Waals surface area contributed by atoms with Crippen LogP contribution in [0, 0.1) is 28.6 Å². The number of hydrogen-bond acceptors (Lipinski definition) is 11. The number of rotatable bonds is 7. The summed E-state index contributed by atoms with van der Waals surface area (Å²) >= 11 is 0. The summed E-state index contributed by atoms with van der Waals surface area (Å²) in [5, 5.41) is 64.5. The minimum absolute atomic E-state index is 0.00279. The van der Waals surface area contributed by atoms with Gasteiger partial charge in [-0.3, -0.25) is 0 Å². The van der Waals surface area contributed by atoms with Crippen LogP contribution in [0.5, 0.6) is 0 Å². The number of methoxy groups -OCH3 is 1. The largest absolute Gasteiger partial charge is 0.394 e. The van der Waals surface area contributed by atoms with Gasteiger partial charge in [0.1, 0.15) is 30.5 Å². The molecule has 6 aliphatic rings. The molecule has 4 aliphatic carbocycles. The van der Waals surface area contributed by atoms with Gasteiger partial charge in [0.25, 0.3) is 0 Å². The molecule has 2 saturated heterocycles. The van der Waals surface area contributed by atoms with Gasteiger partial charge in [0.05, 0.1) is 36.6 Å². The summed E-state index contributed by atoms with van der Waals surface area (Å²) in [6, 6.07) is 0. The van der Waals surface area contributed by atoms with Crippen molar-refractivity contribution in [2.24, 2.45) is 28.6 Å². The molecular weight excluding hydrogens is 584 g/mol. The third kappa shape index (κ3) is 5.56. The van der Waals surface area contributed by atoms with E-state index in [4.69, 9.17) is 23.7 Å². The fourth-order valence-electron chi connectivity index (χ4n) is 10.6. The number of ether oxygens (including phenoxy) is 5. The van der Waals surface area contributed by atoms with E-state index in [9.17, 15) is 30.6 Å². The maximum Gasteiger partial charge on any atom is 0.187 e. The lowest BCUT2D eigenvalue weighted by Gasteiger charge is -2.61. The van der Waals surface area contributed by atoms with Crippen molar-refractivity contribution in [2.45, 2.75) is 159 Å². The van der Waals surface area contributed by atoms with E-state index in [-0.39, 0.29) is 35.2 Å². The van der Waals surface area contributed by atoms with Crippen LogP contribution in [0.4, 0.5) is 0 Å². The Hall–Kier alpha value is -0.700. The Kier molecular flexibility index (Phi) is 9.60. The van der Waals surface area contributed by atoms with Gasteiger partial charge in [-0.05, 0) is 88.4 Å². The molecule has 2 aliphatic heterocycles. The molecule has 17 atom stereocenters. The Morgan fingerprint density at radius 1 is 0.978 bits per heavy atom. The monoisotopic (exact) mass is 640 g/mol. The van der Waals surface area contributed by atoms with Crippen molar-refractivity contribution in [1.29, 1.82) is 0 Å². The molecule has 6 N–H and O–H groups in total. The average Bonchev–Trinajstić information content (AvgIpc) is 3.27. The molecular formula is C34H56O11. The van der Waals surface area contributed by atoms with Crippen LogP contribution >= 0.6 is 0 Å². The molecule has 0 unspecified atom stereocenters. The summed E-state index contributed by atoms with van der Waals surface area (Å²) in [4.78, 5) is 0. The third-order valence-corrected chi connectivity index (χ3v) is 13.3. The van der Waals surface area contributed by atoms with Crippen molar-refractivity contribution in [2.75, 3.05) is 13.7 Å². The second-order valence-corrected chi connectivity index (χ2v) is 15.4. The molecule has 0 aromatic rings. The summed E-state index contributed by atoms with van der Waals surface area (Å²) < 4.78 is 29.4. The van der Waals surface area contributed by atoms with Gasteiger partial charge in [-0.2, -0.15) is 0 Å². The molecule has 11 heteroatoms. The fourth-order valence-corrected chi connectivity index (χ4v) is 10.6. The van der Waals surface area contributed by atoms with Gasteiger partial charge < -0.3 is 54.3 Å². The van der Waals surface area contributed by atoms with E-state index in [2.05, 4.69) is 19.9 Å². The van der Waals surface area contributed by atoms with Gasteiger partial charge in [0.2, 0.25) is 0 Å². The number of fused-ring (bicyclic) bond motifs is 5. The molecule has 0 aromatic carbocycles. The van der Waals surface area contributed by atoms with E-state index in [0.29, 0.717) is 5.92 Å². The molecule has 0 bridgehead atoms. The van der Waals surface area contributed by atoms with E-state index in [1.807, 2.05) is 6.92 Å². The number of hydrogen-bond donors (Lipinski definition) is 6. The van der Waals surface area contributed by atoms with Gasteiger partial charge in [-0.25, -0.2) is 0 Å². The molecule has 0 spiro atoms. The molecule has 45 heavy (non-hydrogen) atoms. The van der Waals surface area contributed by atoms with Crippen LogP contribution in [0.1, 0.15) is 85.5 Å². The van der Waals surface area contributed by atoms with Crippen LogP contribution < -0.4 is 0 Å². The zero-order valence-corrected chi connectivity index (χ0v) is 27.5. The molecule has 6 rings (SSSR count). The first kappa shape index (κ1) is 34.2. The van der Waals surface area contributed by atoms with Crippen LogP contribution in [0.15, 0.2) is 11.6 Å². The highest BCUT2D eigenvalue weighted by atomic mass is 16.7. The highest BCUT2D eigenvalue weighted by Crippen LogP contribution is 2.68. The molecule has 5 fully saturated rings. The van der Waals surface area contributed by atoms with Gasteiger partial charge >= 0.3 is 0 Å². The summed E-state index contributed by atoms with van der Waals surface area (Å²) in [5.74, 6) is 0.732. The van der Waals surface area contributed by atoms with Crippen molar-refractivity contribution >= 4 is 0 Å². The van der Waals surface area contributed by atoms with E-state index in [0.717, 1.165) is 51.4 Å². The Bertz CT molecular complexity index is 1070. The molecule has 3 saturated carbocycles. The predicted molar refractivity (Wildman–Crippen MR) is 162 cm³/mol. The van der Waals surface area contributed by atoms with Gasteiger partial charge in [-0.1, -0.05) is 25.5 Å². The van der Waals surface area contributed by atoms with Crippen molar-refractivity contribution < 1.29 is 54.3 Å². The lowest BCUT2D eigenvalue weighted by atomic mass is 9.45. The minimum atomic E-state index is -1.33. The molecule has 258 valence electrons. The van der Waals surface area contributed by atoms with Gasteiger partial charge in [-0.15, -0.1) is 0 Å². The van der Waals surface area contributed by atoms with Crippen molar-refractivity contribution in [1.82, 2.24) is 0 Å². The zero-order valence-electron chi connectivity index (χ0n) is 27.5. The van der Waals surface area contributed by atoms with Crippen LogP contribution in [0.25, 0.3) is 0 Å². The first-order valence-electron chi connectivity index (χ1n) is 17.2. The lowest BCUT2D eigenvalue weighted by molar-refractivity contribution is -0.345. The van der Waals surface area contributed by atoms with Crippen molar-refractivity contribution in [3.63, 3.8) is 0 Å². The maximum absolute atomic E-state index is 12.2. The van der Waals surface area contributed by atoms with E-state index >= 15 is 0 Å². The van der Waals surface area contributed by atoms with Gasteiger partial charge in [0.15, 0.2) is 12.6 Å². The Labute approximate surface area is 266 Å². The molecule has 0 aromatic heterocycles. The van der Waals surface area contributed by atoms with E-state index < -0.39 is 73.6 Å². The normalized spacial score (nSPS) is 54.0. The first-order valence-corrected chi connectivity index (χ1v) is 17.2. The lowest BCUT2D eigenvalue weighted by Crippen LogP contribution is -2.62. The summed E-state index contributed by atoms with van der Waals surface area (Å²) in [6.07, 6.45) is 0.413.